The molecule has 0 saturated heterocycles. The summed E-state index contributed by atoms with van der Waals surface area (Å²) in [7, 11) is 0. The molecule has 0 amide bonds. The van der Waals surface area contributed by atoms with Gasteiger partial charge in [-0.2, -0.15) is 0 Å². The van der Waals surface area contributed by atoms with Crippen LogP contribution in [0.25, 0.3) is 22.6 Å². The van der Waals surface area contributed by atoms with E-state index in [1.165, 1.54) is 12.1 Å². The Morgan fingerprint density at radius 1 is 1.00 bits per heavy atom. The number of nitrogens with zero attached hydrogens (tertiary/aromatic N) is 3. The first-order chi connectivity index (χ1) is 15.5. The maximum absolute atomic E-state index is 13.1. The predicted molar refractivity (Wildman–Crippen MR) is 123 cm³/mol. The second-order valence-electron chi connectivity index (χ2n) is 7.87. The van der Waals surface area contributed by atoms with E-state index in [1.807, 2.05) is 30.5 Å². The zero-order valence-corrected chi connectivity index (χ0v) is 17.9. The third-order valence-corrected chi connectivity index (χ3v) is 5.89. The van der Waals surface area contributed by atoms with Crippen molar-refractivity contribution in [1.82, 2.24) is 19.9 Å². The fourth-order valence-electron chi connectivity index (χ4n) is 3.93. The van der Waals surface area contributed by atoms with Gasteiger partial charge in [0.15, 0.2) is 0 Å². The third kappa shape index (κ3) is 4.33. The minimum atomic E-state index is -0.263. The molecule has 5 nitrogen and oxygen atoms in total. The highest BCUT2D eigenvalue weighted by Crippen LogP contribution is 2.22. The van der Waals surface area contributed by atoms with E-state index in [1.54, 1.807) is 24.3 Å². The summed E-state index contributed by atoms with van der Waals surface area (Å²) in [5.74, 6) is 0.306. The molecule has 2 aromatic carbocycles. The van der Waals surface area contributed by atoms with E-state index in [-0.39, 0.29) is 11.4 Å². The molecule has 0 radical (unpaired) electrons. The number of pyridine rings is 1. The summed E-state index contributed by atoms with van der Waals surface area (Å²) in [6.07, 6.45) is 2.54. The van der Waals surface area contributed by atoms with E-state index in [0.717, 1.165) is 34.6 Å². The first-order valence-electron chi connectivity index (χ1n) is 10.4. The lowest BCUT2D eigenvalue weighted by molar-refractivity contribution is 0.241. The monoisotopic (exact) mass is 446 g/mol. The summed E-state index contributed by atoms with van der Waals surface area (Å²) < 4.78 is 13.1. The van der Waals surface area contributed by atoms with Crippen LogP contribution in [0.5, 0.6) is 0 Å². The molecule has 7 heteroatoms. The van der Waals surface area contributed by atoms with E-state index < -0.39 is 0 Å². The molecule has 1 aliphatic rings. The van der Waals surface area contributed by atoms with Crippen molar-refractivity contribution >= 4 is 11.6 Å². The highest BCUT2D eigenvalue weighted by Gasteiger charge is 2.21. The fourth-order valence-corrected chi connectivity index (χ4v) is 4.05. The van der Waals surface area contributed by atoms with Crippen molar-refractivity contribution in [1.29, 1.82) is 0 Å². The normalized spacial score (nSPS) is 13.7. The molecular weight excluding hydrogens is 427 g/mol. The number of hydrogen-bond acceptors (Lipinski definition) is 4. The molecule has 4 aromatic rings. The summed E-state index contributed by atoms with van der Waals surface area (Å²) >= 11 is 5.96. The van der Waals surface area contributed by atoms with E-state index in [0.29, 0.717) is 35.9 Å². The number of H-pyrrole nitrogens is 1. The zero-order chi connectivity index (χ0) is 22.1. The Kier molecular flexibility index (Phi) is 5.55. The number of nitrogens with one attached hydrogen (secondary N) is 1. The van der Waals surface area contributed by atoms with Gasteiger partial charge in [0.25, 0.3) is 5.56 Å². The molecule has 0 atom stereocenters. The van der Waals surface area contributed by atoms with Crippen molar-refractivity contribution in [2.75, 3.05) is 6.54 Å². The van der Waals surface area contributed by atoms with Gasteiger partial charge in [0.1, 0.15) is 11.6 Å². The standard InChI is InChI=1S/C25H20ClFN4O/c26-19-6-2-18(3-7-19)24-29-23-11-12-31(15-21(23)25(32)30-24)14-16-1-10-22(28-13-16)17-4-8-20(27)9-5-17/h1-10,13H,11-12,14-15H2,(H,29,30,32). The second-order valence-corrected chi connectivity index (χ2v) is 8.30. The van der Waals surface area contributed by atoms with Gasteiger partial charge in [-0.05, 0) is 60.2 Å². The number of hydrogen-bond donors (Lipinski definition) is 1. The molecule has 5 rings (SSSR count). The van der Waals surface area contributed by atoms with Gasteiger partial charge in [-0.1, -0.05) is 17.7 Å². The van der Waals surface area contributed by atoms with Crippen molar-refractivity contribution in [3.8, 4) is 22.6 Å². The molecule has 1 N–H and O–H groups in total. The average Bonchev–Trinajstić information content (AvgIpc) is 2.81. The smallest absolute Gasteiger partial charge is 0.255 e. The van der Waals surface area contributed by atoms with Crippen LogP contribution in [0, 0.1) is 5.82 Å². The largest absolute Gasteiger partial charge is 0.306 e. The van der Waals surface area contributed by atoms with Crippen LogP contribution in [0.4, 0.5) is 4.39 Å². The highest BCUT2D eigenvalue weighted by molar-refractivity contribution is 6.30. The predicted octanol–water partition coefficient (Wildman–Crippen LogP) is 4.85. The Balaban J connectivity index is 1.30. The number of aromatic amines is 1. The van der Waals surface area contributed by atoms with Crippen molar-refractivity contribution in [3.05, 3.63) is 105 Å². The molecule has 0 spiro atoms. The van der Waals surface area contributed by atoms with Crippen LogP contribution in [0.1, 0.15) is 16.8 Å². The van der Waals surface area contributed by atoms with Crippen LogP contribution in [-0.2, 0) is 19.5 Å². The van der Waals surface area contributed by atoms with Crippen LogP contribution in [-0.4, -0.2) is 26.4 Å². The number of aromatic nitrogens is 3. The summed E-state index contributed by atoms with van der Waals surface area (Å²) in [6.45, 7) is 2.04. The van der Waals surface area contributed by atoms with Gasteiger partial charge < -0.3 is 4.98 Å². The molecule has 0 fully saturated rings. The summed E-state index contributed by atoms with van der Waals surface area (Å²) in [4.78, 5) is 27.1. The van der Waals surface area contributed by atoms with Crippen LogP contribution in [0.2, 0.25) is 5.02 Å². The SMILES string of the molecule is O=c1[nH]c(-c2ccc(Cl)cc2)nc2c1CN(Cc1ccc(-c3ccc(F)cc3)nc1)CC2. The molecule has 32 heavy (non-hydrogen) atoms. The van der Waals surface area contributed by atoms with Crippen LogP contribution >= 0.6 is 11.6 Å². The minimum absolute atomic E-state index is 0.102. The fraction of sp³-hybridized carbons (Fsp3) is 0.160. The molecule has 0 bridgehead atoms. The zero-order valence-electron chi connectivity index (χ0n) is 17.2. The van der Waals surface area contributed by atoms with E-state index in [9.17, 15) is 9.18 Å². The molecule has 1 aliphatic heterocycles. The van der Waals surface area contributed by atoms with Crippen molar-refractivity contribution in [2.24, 2.45) is 0 Å². The van der Waals surface area contributed by atoms with Gasteiger partial charge in [0, 0.05) is 48.4 Å². The molecule has 3 heterocycles. The quantitative estimate of drug-likeness (QED) is 0.486. The van der Waals surface area contributed by atoms with Gasteiger partial charge in [0.2, 0.25) is 0 Å². The molecule has 2 aromatic heterocycles. The van der Waals surface area contributed by atoms with Crippen molar-refractivity contribution in [3.63, 3.8) is 0 Å². The van der Waals surface area contributed by atoms with Crippen LogP contribution < -0.4 is 5.56 Å². The van der Waals surface area contributed by atoms with Gasteiger partial charge in [-0.3, -0.25) is 14.7 Å². The molecule has 0 saturated carbocycles. The van der Waals surface area contributed by atoms with Gasteiger partial charge in [0.05, 0.1) is 17.0 Å². The third-order valence-electron chi connectivity index (χ3n) is 5.64. The first-order valence-corrected chi connectivity index (χ1v) is 10.7. The molecule has 0 aliphatic carbocycles. The lowest BCUT2D eigenvalue weighted by Gasteiger charge is -2.27. The minimum Gasteiger partial charge on any atom is -0.306 e. The maximum atomic E-state index is 13.1. The van der Waals surface area contributed by atoms with Crippen LogP contribution in [0.3, 0.4) is 0 Å². The summed E-state index contributed by atoms with van der Waals surface area (Å²) in [5.41, 5.74) is 5.02. The Bertz CT molecular complexity index is 1300. The van der Waals surface area contributed by atoms with Crippen LogP contribution in [0.15, 0.2) is 71.7 Å². The van der Waals surface area contributed by atoms with Crippen molar-refractivity contribution < 1.29 is 4.39 Å². The maximum Gasteiger partial charge on any atom is 0.255 e. The molecular formula is C25H20ClFN4O. The molecule has 0 unspecified atom stereocenters. The Morgan fingerprint density at radius 2 is 1.75 bits per heavy atom. The van der Waals surface area contributed by atoms with Gasteiger partial charge in [-0.25, -0.2) is 9.37 Å². The Hall–Kier alpha value is -3.35. The molecule has 160 valence electrons. The number of halogens is 2. The highest BCUT2D eigenvalue weighted by atomic mass is 35.5. The Morgan fingerprint density at radius 3 is 2.47 bits per heavy atom. The van der Waals surface area contributed by atoms with Gasteiger partial charge in [-0.15, -0.1) is 0 Å². The van der Waals surface area contributed by atoms with Gasteiger partial charge >= 0.3 is 0 Å². The number of benzene rings is 2. The van der Waals surface area contributed by atoms with E-state index >= 15 is 0 Å². The van der Waals surface area contributed by atoms with E-state index in [2.05, 4.69) is 14.9 Å². The number of fused-ring (bicyclic) bond motifs is 1. The number of rotatable bonds is 4. The average molecular weight is 447 g/mol. The lowest BCUT2D eigenvalue weighted by atomic mass is 10.1. The van der Waals surface area contributed by atoms with Crippen molar-refractivity contribution in [2.45, 2.75) is 19.5 Å². The topological polar surface area (TPSA) is 61.9 Å². The van der Waals surface area contributed by atoms with E-state index in [4.69, 9.17) is 16.6 Å². The summed E-state index contributed by atoms with van der Waals surface area (Å²) in [5, 5.41) is 0.643. The Labute approximate surface area is 189 Å². The second kappa shape index (κ2) is 8.65. The lowest BCUT2D eigenvalue weighted by Crippen LogP contribution is -2.35. The first kappa shape index (κ1) is 20.5. The summed E-state index contributed by atoms with van der Waals surface area (Å²) in [6, 6.07) is 17.5.